The standard InChI is InChI=1S/C20H28N4O3S/c1-12-17-13(2)22-14(3)23-20(17)28-18(12)19(25)21-10-16(15-4-7-27-11-15)24-5-8-26-9-6-24/h15-16H,4-11H2,1-3H3,(H,21,25). The normalized spacial score (nSPS) is 21.9. The number of carbonyl (C=O) groups excluding carboxylic acids is 1. The molecule has 0 aliphatic carbocycles. The van der Waals surface area contributed by atoms with E-state index in [0.29, 0.717) is 12.5 Å². The Bertz CT molecular complexity index is 857. The van der Waals surface area contributed by atoms with Crippen LogP contribution in [0.25, 0.3) is 10.2 Å². The van der Waals surface area contributed by atoms with E-state index in [0.717, 1.165) is 78.1 Å². The summed E-state index contributed by atoms with van der Waals surface area (Å²) in [5, 5.41) is 4.20. The van der Waals surface area contributed by atoms with E-state index in [1.54, 1.807) is 0 Å². The van der Waals surface area contributed by atoms with Gasteiger partial charge >= 0.3 is 0 Å². The highest BCUT2D eigenvalue weighted by Crippen LogP contribution is 2.31. The van der Waals surface area contributed by atoms with E-state index >= 15 is 0 Å². The molecule has 28 heavy (non-hydrogen) atoms. The van der Waals surface area contributed by atoms with Crippen molar-refractivity contribution in [2.75, 3.05) is 46.1 Å². The fourth-order valence-corrected chi connectivity index (χ4v) is 5.52. The number of nitrogens with one attached hydrogen (secondary N) is 1. The van der Waals surface area contributed by atoms with E-state index in [9.17, 15) is 4.79 Å². The van der Waals surface area contributed by atoms with Crippen molar-refractivity contribution in [1.29, 1.82) is 0 Å². The van der Waals surface area contributed by atoms with Gasteiger partial charge in [-0.15, -0.1) is 11.3 Å². The summed E-state index contributed by atoms with van der Waals surface area (Å²) in [6, 6.07) is 0.286. The third-order valence-corrected chi connectivity index (χ3v) is 6.97. The highest BCUT2D eigenvalue weighted by atomic mass is 32.1. The van der Waals surface area contributed by atoms with Crippen molar-refractivity contribution < 1.29 is 14.3 Å². The molecule has 4 rings (SSSR count). The maximum atomic E-state index is 13.0. The Hall–Kier alpha value is -1.61. The average molecular weight is 405 g/mol. The first-order chi connectivity index (χ1) is 13.5. The second-order valence-corrected chi connectivity index (χ2v) is 8.64. The van der Waals surface area contributed by atoms with Crippen LogP contribution in [0.1, 0.15) is 33.2 Å². The minimum atomic E-state index is -0.0188. The molecule has 4 heterocycles. The zero-order valence-electron chi connectivity index (χ0n) is 16.8. The molecule has 1 amide bonds. The van der Waals surface area contributed by atoms with Crippen molar-refractivity contribution >= 4 is 27.5 Å². The van der Waals surface area contributed by atoms with Gasteiger partial charge in [0.2, 0.25) is 0 Å². The van der Waals surface area contributed by atoms with Crippen molar-refractivity contribution in [2.45, 2.75) is 33.2 Å². The number of thiophene rings is 1. The third-order valence-electron chi connectivity index (χ3n) is 5.78. The first-order valence-electron chi connectivity index (χ1n) is 9.96. The Morgan fingerprint density at radius 3 is 2.71 bits per heavy atom. The van der Waals surface area contributed by atoms with E-state index in [1.165, 1.54) is 11.3 Å². The molecule has 2 fully saturated rings. The maximum absolute atomic E-state index is 13.0. The monoisotopic (exact) mass is 404 g/mol. The lowest BCUT2D eigenvalue weighted by Crippen LogP contribution is -2.52. The second-order valence-electron chi connectivity index (χ2n) is 7.64. The Labute approximate surface area is 169 Å². The maximum Gasteiger partial charge on any atom is 0.261 e. The van der Waals surface area contributed by atoms with Crippen LogP contribution in [0.15, 0.2) is 0 Å². The van der Waals surface area contributed by atoms with Crippen LogP contribution >= 0.6 is 11.3 Å². The van der Waals surface area contributed by atoms with Crippen molar-refractivity contribution in [3.63, 3.8) is 0 Å². The summed E-state index contributed by atoms with van der Waals surface area (Å²) < 4.78 is 11.1. The molecule has 0 saturated carbocycles. The molecule has 2 aliphatic rings. The molecule has 0 spiro atoms. The second kappa shape index (κ2) is 8.41. The molecule has 2 unspecified atom stereocenters. The van der Waals surface area contributed by atoms with Crippen molar-refractivity contribution in [2.24, 2.45) is 5.92 Å². The van der Waals surface area contributed by atoms with Crippen molar-refractivity contribution in [3.05, 3.63) is 22.0 Å². The molecule has 2 saturated heterocycles. The molecule has 152 valence electrons. The summed E-state index contributed by atoms with van der Waals surface area (Å²) in [6.45, 7) is 11.4. The van der Waals surface area contributed by atoms with Crippen LogP contribution in [0.4, 0.5) is 0 Å². The van der Waals surface area contributed by atoms with Gasteiger partial charge < -0.3 is 14.8 Å². The van der Waals surface area contributed by atoms with Crippen LogP contribution in [0.5, 0.6) is 0 Å². The van der Waals surface area contributed by atoms with Crippen molar-refractivity contribution in [1.82, 2.24) is 20.2 Å². The highest BCUT2D eigenvalue weighted by molar-refractivity contribution is 7.20. The Morgan fingerprint density at radius 1 is 1.21 bits per heavy atom. The van der Waals surface area contributed by atoms with E-state index in [4.69, 9.17) is 9.47 Å². The van der Waals surface area contributed by atoms with E-state index < -0.39 is 0 Å². The van der Waals surface area contributed by atoms with E-state index in [1.807, 2.05) is 20.8 Å². The number of aromatic nitrogens is 2. The molecular weight excluding hydrogens is 376 g/mol. The largest absolute Gasteiger partial charge is 0.381 e. The van der Waals surface area contributed by atoms with Gasteiger partial charge in [0, 0.05) is 49.3 Å². The van der Waals surface area contributed by atoms with Crippen LogP contribution in [-0.4, -0.2) is 72.9 Å². The molecule has 0 aromatic carbocycles. The topological polar surface area (TPSA) is 76.6 Å². The van der Waals surface area contributed by atoms with Crippen LogP contribution in [0.2, 0.25) is 0 Å². The minimum Gasteiger partial charge on any atom is -0.381 e. The predicted molar refractivity (Wildman–Crippen MR) is 109 cm³/mol. The Morgan fingerprint density at radius 2 is 2.00 bits per heavy atom. The Balaban J connectivity index is 1.51. The number of rotatable bonds is 5. The first-order valence-corrected chi connectivity index (χ1v) is 10.8. The lowest BCUT2D eigenvalue weighted by Gasteiger charge is -2.37. The van der Waals surface area contributed by atoms with Gasteiger partial charge in [0.1, 0.15) is 10.7 Å². The molecular formula is C20H28N4O3S. The molecule has 1 N–H and O–H groups in total. The minimum absolute atomic E-state index is 0.0188. The quantitative estimate of drug-likeness (QED) is 0.822. The van der Waals surface area contributed by atoms with Gasteiger partial charge in [-0.25, -0.2) is 9.97 Å². The molecule has 7 nitrogen and oxygen atoms in total. The average Bonchev–Trinajstić information content (AvgIpc) is 3.31. The number of fused-ring (bicyclic) bond motifs is 1. The molecule has 0 bridgehead atoms. The zero-order chi connectivity index (χ0) is 19.7. The van der Waals surface area contributed by atoms with Gasteiger partial charge in [-0.1, -0.05) is 0 Å². The summed E-state index contributed by atoms with van der Waals surface area (Å²) >= 11 is 1.46. The van der Waals surface area contributed by atoms with Crippen LogP contribution in [0, 0.1) is 26.7 Å². The summed E-state index contributed by atoms with van der Waals surface area (Å²) in [4.78, 5) is 26.1. The van der Waals surface area contributed by atoms with Gasteiger partial charge in [-0.2, -0.15) is 0 Å². The summed E-state index contributed by atoms with van der Waals surface area (Å²) in [6.07, 6.45) is 1.05. The highest BCUT2D eigenvalue weighted by Gasteiger charge is 2.32. The molecule has 8 heteroatoms. The third kappa shape index (κ3) is 3.91. The number of hydrogen-bond acceptors (Lipinski definition) is 7. The SMILES string of the molecule is Cc1nc(C)c2c(C)c(C(=O)NCC(C3CCOC3)N3CCOCC3)sc2n1. The number of amides is 1. The number of carbonyl (C=O) groups is 1. The summed E-state index contributed by atoms with van der Waals surface area (Å²) in [5.41, 5.74) is 1.91. The zero-order valence-corrected chi connectivity index (χ0v) is 17.6. The smallest absolute Gasteiger partial charge is 0.261 e. The lowest BCUT2D eigenvalue weighted by atomic mass is 9.97. The Kier molecular flexibility index (Phi) is 5.91. The van der Waals surface area contributed by atoms with Crippen LogP contribution < -0.4 is 5.32 Å². The van der Waals surface area contributed by atoms with Crippen LogP contribution in [0.3, 0.4) is 0 Å². The van der Waals surface area contributed by atoms with Gasteiger partial charge in [0.15, 0.2) is 0 Å². The molecule has 0 radical (unpaired) electrons. The van der Waals surface area contributed by atoms with Crippen molar-refractivity contribution in [3.8, 4) is 0 Å². The van der Waals surface area contributed by atoms with Gasteiger partial charge in [-0.05, 0) is 32.8 Å². The van der Waals surface area contributed by atoms with E-state index in [-0.39, 0.29) is 11.9 Å². The van der Waals surface area contributed by atoms with Crippen LogP contribution in [-0.2, 0) is 9.47 Å². The molecule has 2 aromatic rings. The predicted octanol–water partition coefficient (Wildman–Crippen LogP) is 2.08. The fraction of sp³-hybridized carbons (Fsp3) is 0.650. The molecule has 2 aromatic heterocycles. The molecule has 2 atom stereocenters. The summed E-state index contributed by atoms with van der Waals surface area (Å²) in [5.74, 6) is 1.18. The number of ether oxygens (including phenoxy) is 2. The van der Waals surface area contributed by atoms with Gasteiger partial charge in [0.05, 0.1) is 24.7 Å². The van der Waals surface area contributed by atoms with Gasteiger partial charge in [-0.3, -0.25) is 9.69 Å². The first kappa shape index (κ1) is 19.7. The number of nitrogens with zero attached hydrogens (tertiary/aromatic N) is 3. The number of morpholine rings is 1. The van der Waals surface area contributed by atoms with Gasteiger partial charge in [0.25, 0.3) is 5.91 Å². The number of hydrogen-bond donors (Lipinski definition) is 1. The summed E-state index contributed by atoms with van der Waals surface area (Å²) in [7, 11) is 0. The number of aryl methyl sites for hydroxylation is 3. The lowest BCUT2D eigenvalue weighted by molar-refractivity contribution is 0.00167. The van der Waals surface area contributed by atoms with E-state index in [2.05, 4.69) is 20.2 Å². The fourth-order valence-electron chi connectivity index (χ4n) is 4.33. The molecule has 2 aliphatic heterocycles.